The van der Waals surface area contributed by atoms with Crippen LogP contribution in [0.2, 0.25) is 0 Å². The lowest BCUT2D eigenvalue weighted by atomic mass is 10.4. The molecule has 3 nitrogen and oxygen atoms in total. The van der Waals surface area contributed by atoms with Crippen LogP contribution in [0, 0.1) is 0 Å². The number of carbonyl (C=O) groups excluding carboxylic acids is 1. The molecule has 0 fully saturated rings. The highest BCUT2D eigenvalue weighted by molar-refractivity contribution is 7.07. The first-order valence-corrected chi connectivity index (χ1v) is 3.71. The molecule has 0 unspecified atom stereocenters. The molecule has 0 saturated heterocycles. The maximum Gasteiger partial charge on any atom is 0.307 e. The van der Waals surface area contributed by atoms with Gasteiger partial charge in [0.1, 0.15) is 5.78 Å². The number of rotatable bonds is 2. The molecule has 0 aliphatic rings. The van der Waals surface area contributed by atoms with E-state index in [1.165, 1.54) is 11.5 Å². The third kappa shape index (κ3) is 1.54. The van der Waals surface area contributed by atoms with E-state index >= 15 is 0 Å². The Balaban J connectivity index is 2.85. The zero-order chi connectivity index (χ0) is 7.56. The molecule has 54 valence electrons. The summed E-state index contributed by atoms with van der Waals surface area (Å²) in [4.78, 5) is 21.2. The van der Waals surface area contributed by atoms with Crippen LogP contribution < -0.4 is 4.87 Å². The number of hydrogen-bond donors (Lipinski definition) is 0. The Morgan fingerprint density at radius 1 is 1.80 bits per heavy atom. The number of thiazole rings is 1. The second kappa shape index (κ2) is 2.79. The molecule has 1 aromatic rings. The van der Waals surface area contributed by atoms with Crippen LogP contribution in [0.4, 0.5) is 0 Å². The molecule has 0 aromatic carbocycles. The summed E-state index contributed by atoms with van der Waals surface area (Å²) in [7, 11) is 0. The molecule has 4 heteroatoms. The summed E-state index contributed by atoms with van der Waals surface area (Å²) >= 11 is 1.10. The maximum atomic E-state index is 10.8. The lowest BCUT2D eigenvalue weighted by Gasteiger charge is -1.92. The smallest absolute Gasteiger partial charge is 0.299 e. The van der Waals surface area contributed by atoms with Gasteiger partial charge in [-0.1, -0.05) is 11.3 Å². The van der Waals surface area contributed by atoms with Crippen molar-refractivity contribution in [1.82, 2.24) is 4.57 Å². The van der Waals surface area contributed by atoms with Gasteiger partial charge in [0, 0.05) is 11.6 Å². The Hall–Kier alpha value is -0.900. The Bertz CT molecular complexity index is 286. The van der Waals surface area contributed by atoms with Crippen LogP contribution in [0.5, 0.6) is 0 Å². The van der Waals surface area contributed by atoms with E-state index in [4.69, 9.17) is 0 Å². The molecule has 0 spiro atoms. The summed E-state index contributed by atoms with van der Waals surface area (Å²) in [5.41, 5.74) is 0. The molecule has 1 rings (SSSR count). The first-order valence-electron chi connectivity index (χ1n) is 2.83. The molecular formula is C6H7NO2S. The molecule has 1 heterocycles. The fourth-order valence-electron chi connectivity index (χ4n) is 0.648. The van der Waals surface area contributed by atoms with E-state index in [0.717, 1.165) is 11.3 Å². The van der Waals surface area contributed by atoms with Crippen molar-refractivity contribution in [2.75, 3.05) is 0 Å². The van der Waals surface area contributed by atoms with Gasteiger partial charge in [-0.15, -0.1) is 0 Å². The van der Waals surface area contributed by atoms with Gasteiger partial charge in [0.25, 0.3) is 0 Å². The van der Waals surface area contributed by atoms with Crippen molar-refractivity contribution in [2.45, 2.75) is 13.5 Å². The summed E-state index contributed by atoms with van der Waals surface area (Å²) in [5.74, 6) is 0.000463. The van der Waals surface area contributed by atoms with E-state index in [1.54, 1.807) is 11.6 Å². The van der Waals surface area contributed by atoms with Gasteiger partial charge >= 0.3 is 4.87 Å². The van der Waals surface area contributed by atoms with Crippen molar-refractivity contribution in [1.29, 1.82) is 0 Å². The predicted molar refractivity (Wildman–Crippen MR) is 39.3 cm³/mol. The van der Waals surface area contributed by atoms with Crippen molar-refractivity contribution in [3.05, 3.63) is 21.2 Å². The minimum absolute atomic E-state index is 0.000463. The second-order valence-corrected chi connectivity index (χ2v) is 2.86. The zero-order valence-electron chi connectivity index (χ0n) is 5.53. The van der Waals surface area contributed by atoms with Crippen LogP contribution in [0.1, 0.15) is 6.92 Å². The monoisotopic (exact) mass is 157 g/mol. The number of nitrogens with zero attached hydrogens (tertiary/aromatic N) is 1. The SMILES string of the molecule is CC(=O)Cn1ccsc1=O. The van der Waals surface area contributed by atoms with Crippen molar-refractivity contribution >= 4 is 17.1 Å². The number of hydrogen-bond acceptors (Lipinski definition) is 3. The predicted octanol–water partition coefficient (Wildman–Crippen LogP) is 0.499. The first-order chi connectivity index (χ1) is 4.70. The van der Waals surface area contributed by atoms with Gasteiger partial charge in [0.2, 0.25) is 0 Å². The normalized spacial score (nSPS) is 9.70. The third-order valence-electron chi connectivity index (χ3n) is 1.04. The Morgan fingerprint density at radius 3 is 2.90 bits per heavy atom. The second-order valence-electron chi connectivity index (χ2n) is 2.00. The molecule has 10 heavy (non-hydrogen) atoms. The average Bonchev–Trinajstić information content (AvgIpc) is 2.15. The fourth-order valence-corrected chi connectivity index (χ4v) is 1.23. The van der Waals surface area contributed by atoms with Gasteiger partial charge in [0.15, 0.2) is 0 Å². The van der Waals surface area contributed by atoms with E-state index in [9.17, 15) is 9.59 Å². The lowest BCUT2D eigenvalue weighted by molar-refractivity contribution is -0.117. The Kier molecular flexibility index (Phi) is 2.01. The van der Waals surface area contributed by atoms with Crippen LogP contribution in [0.15, 0.2) is 16.4 Å². The average molecular weight is 157 g/mol. The number of aromatic nitrogens is 1. The van der Waals surface area contributed by atoms with Crippen molar-refractivity contribution in [2.24, 2.45) is 0 Å². The van der Waals surface area contributed by atoms with Gasteiger partial charge in [-0.05, 0) is 6.92 Å². The molecular weight excluding hydrogens is 150 g/mol. The molecule has 0 N–H and O–H groups in total. The van der Waals surface area contributed by atoms with E-state index < -0.39 is 0 Å². The summed E-state index contributed by atoms with van der Waals surface area (Å²) < 4.78 is 1.40. The molecule has 0 atom stereocenters. The van der Waals surface area contributed by atoms with Crippen molar-refractivity contribution in [3.8, 4) is 0 Å². The summed E-state index contributed by atoms with van der Waals surface area (Å²) in [6.07, 6.45) is 1.62. The van der Waals surface area contributed by atoms with Crippen LogP contribution in [-0.2, 0) is 11.3 Å². The van der Waals surface area contributed by atoms with Crippen molar-refractivity contribution < 1.29 is 4.79 Å². The van der Waals surface area contributed by atoms with Crippen LogP contribution in [0.3, 0.4) is 0 Å². The summed E-state index contributed by atoms with van der Waals surface area (Å²) in [6, 6.07) is 0. The molecule has 0 amide bonds. The van der Waals surface area contributed by atoms with Gasteiger partial charge in [-0.25, -0.2) is 0 Å². The standard InChI is InChI=1S/C6H7NO2S/c1-5(8)4-7-2-3-10-6(7)9/h2-3H,4H2,1H3. The minimum atomic E-state index is -0.0739. The summed E-state index contributed by atoms with van der Waals surface area (Å²) in [6.45, 7) is 1.66. The van der Waals surface area contributed by atoms with Crippen LogP contribution in [0.25, 0.3) is 0 Å². The highest BCUT2D eigenvalue weighted by Crippen LogP contribution is 1.88. The fraction of sp³-hybridized carbons (Fsp3) is 0.333. The molecule has 0 bridgehead atoms. The van der Waals surface area contributed by atoms with Crippen molar-refractivity contribution in [3.63, 3.8) is 0 Å². The lowest BCUT2D eigenvalue weighted by Crippen LogP contribution is -2.16. The zero-order valence-corrected chi connectivity index (χ0v) is 6.35. The number of carbonyl (C=O) groups is 1. The third-order valence-corrected chi connectivity index (χ3v) is 1.73. The van der Waals surface area contributed by atoms with E-state index in [1.807, 2.05) is 0 Å². The first kappa shape index (κ1) is 7.21. The summed E-state index contributed by atoms with van der Waals surface area (Å²) in [5, 5.41) is 1.67. The molecule has 0 radical (unpaired) electrons. The highest BCUT2D eigenvalue weighted by Gasteiger charge is 1.97. The van der Waals surface area contributed by atoms with Gasteiger partial charge in [-0.3, -0.25) is 14.2 Å². The molecule has 0 aliphatic carbocycles. The van der Waals surface area contributed by atoms with Crippen LogP contribution >= 0.6 is 11.3 Å². The van der Waals surface area contributed by atoms with Gasteiger partial charge in [-0.2, -0.15) is 0 Å². The number of Topliss-reactive ketones (excluding diaryl/α,β-unsaturated/α-hetero) is 1. The largest absolute Gasteiger partial charge is 0.307 e. The topological polar surface area (TPSA) is 39.1 Å². The highest BCUT2D eigenvalue weighted by atomic mass is 32.1. The molecule has 0 saturated carbocycles. The van der Waals surface area contributed by atoms with E-state index in [0.29, 0.717) is 0 Å². The Morgan fingerprint density at radius 2 is 2.50 bits per heavy atom. The molecule has 1 aromatic heterocycles. The van der Waals surface area contributed by atoms with E-state index in [-0.39, 0.29) is 17.2 Å². The minimum Gasteiger partial charge on any atom is -0.299 e. The maximum absolute atomic E-state index is 10.8. The van der Waals surface area contributed by atoms with E-state index in [2.05, 4.69) is 0 Å². The van der Waals surface area contributed by atoms with Gasteiger partial charge < -0.3 is 0 Å². The molecule has 0 aliphatic heterocycles. The van der Waals surface area contributed by atoms with Crippen LogP contribution in [-0.4, -0.2) is 10.4 Å². The van der Waals surface area contributed by atoms with Gasteiger partial charge in [0.05, 0.1) is 6.54 Å². The number of ketones is 1. The quantitative estimate of drug-likeness (QED) is 0.627. The Labute approximate surface area is 61.9 Å².